The normalized spacial score (nSPS) is 16.2. The first-order chi connectivity index (χ1) is 11.5. The van der Waals surface area contributed by atoms with E-state index in [9.17, 15) is 0 Å². The Morgan fingerprint density at radius 3 is 2.33 bits per heavy atom. The number of benzene rings is 1. The van der Waals surface area contributed by atoms with Crippen molar-refractivity contribution >= 4 is 23.4 Å². The molecule has 1 aliphatic carbocycles. The Hall–Kier alpha value is -2.25. The summed E-state index contributed by atoms with van der Waals surface area (Å²) in [6.07, 6.45) is 5.67. The number of halogens is 1. The zero-order valence-corrected chi connectivity index (χ0v) is 14.5. The van der Waals surface area contributed by atoms with Crippen molar-refractivity contribution in [3.05, 3.63) is 46.1 Å². The molecule has 5 heteroatoms. The monoisotopic (exact) mass is 340 g/mol. The molecule has 0 radical (unpaired) electrons. The highest BCUT2D eigenvalue weighted by Crippen LogP contribution is 2.39. The minimum absolute atomic E-state index is 0.164. The van der Waals surface area contributed by atoms with Crippen molar-refractivity contribution in [1.82, 2.24) is 9.97 Å². The Kier molecular flexibility index (Phi) is 4.64. The predicted molar refractivity (Wildman–Crippen MR) is 98.7 cm³/mol. The van der Waals surface area contributed by atoms with Gasteiger partial charge in [0.15, 0.2) is 0 Å². The summed E-state index contributed by atoms with van der Waals surface area (Å²) in [6, 6.07) is 8.03. The second-order valence-corrected chi connectivity index (χ2v) is 6.76. The molecule has 1 heterocycles. The van der Waals surface area contributed by atoms with E-state index in [1.165, 1.54) is 24.8 Å². The number of aromatic nitrogens is 2. The summed E-state index contributed by atoms with van der Waals surface area (Å²) in [5.41, 5.74) is 14.1. The quantitative estimate of drug-likeness (QED) is 0.773. The summed E-state index contributed by atoms with van der Waals surface area (Å²) in [7, 11) is 0. The van der Waals surface area contributed by atoms with Crippen molar-refractivity contribution in [3.8, 4) is 11.8 Å². The Bertz CT molecular complexity index is 773. The molecule has 4 nitrogen and oxygen atoms in total. The lowest BCUT2D eigenvalue weighted by Gasteiger charge is -2.33. The van der Waals surface area contributed by atoms with Crippen molar-refractivity contribution < 1.29 is 0 Å². The lowest BCUT2D eigenvalue weighted by atomic mass is 9.70. The molecule has 1 aromatic heterocycles. The van der Waals surface area contributed by atoms with Gasteiger partial charge in [-0.05, 0) is 37.5 Å². The van der Waals surface area contributed by atoms with E-state index in [1.54, 1.807) is 0 Å². The summed E-state index contributed by atoms with van der Waals surface area (Å²) < 4.78 is 0. The standard InChI is InChI=1S/C19H21ClN4/c1-13-16(17(21)24-18(22)23-13)9-12-19(10-3-2-4-11-19)14-5-7-15(20)8-6-14/h5-8H,2-4,10-11H2,1H3,(H4,21,22,23,24). The van der Waals surface area contributed by atoms with Crippen LogP contribution in [0.3, 0.4) is 0 Å². The second-order valence-electron chi connectivity index (χ2n) is 6.33. The number of hydrogen-bond acceptors (Lipinski definition) is 4. The third-order valence-corrected chi connectivity index (χ3v) is 4.92. The van der Waals surface area contributed by atoms with E-state index in [-0.39, 0.29) is 11.4 Å². The maximum absolute atomic E-state index is 6.04. The predicted octanol–water partition coefficient (Wildman–Crippen LogP) is 3.86. The third kappa shape index (κ3) is 3.32. The maximum Gasteiger partial charge on any atom is 0.222 e. The summed E-state index contributed by atoms with van der Waals surface area (Å²) in [4.78, 5) is 8.20. The molecule has 0 unspecified atom stereocenters. The minimum atomic E-state index is -0.164. The molecule has 0 amide bonds. The van der Waals surface area contributed by atoms with Crippen LogP contribution in [0, 0.1) is 18.8 Å². The lowest BCUT2D eigenvalue weighted by Crippen LogP contribution is -2.27. The average Bonchev–Trinajstić information content (AvgIpc) is 2.55. The highest BCUT2D eigenvalue weighted by Gasteiger charge is 2.32. The van der Waals surface area contributed by atoms with Crippen LogP contribution in [0.15, 0.2) is 24.3 Å². The summed E-state index contributed by atoms with van der Waals surface area (Å²) in [5.74, 6) is 7.26. The lowest BCUT2D eigenvalue weighted by molar-refractivity contribution is 0.369. The van der Waals surface area contributed by atoms with Gasteiger partial charge >= 0.3 is 0 Å². The van der Waals surface area contributed by atoms with Gasteiger partial charge in [-0.3, -0.25) is 0 Å². The van der Waals surface area contributed by atoms with Crippen molar-refractivity contribution in [1.29, 1.82) is 0 Å². The van der Waals surface area contributed by atoms with Crippen LogP contribution in [0.1, 0.15) is 48.9 Å². The number of hydrogen-bond donors (Lipinski definition) is 2. The van der Waals surface area contributed by atoms with Crippen molar-refractivity contribution in [2.45, 2.75) is 44.4 Å². The number of rotatable bonds is 1. The molecule has 1 saturated carbocycles. The number of anilines is 2. The van der Waals surface area contributed by atoms with Crippen molar-refractivity contribution in [3.63, 3.8) is 0 Å². The van der Waals surface area contributed by atoms with E-state index in [0.717, 1.165) is 23.6 Å². The van der Waals surface area contributed by atoms with Crippen molar-refractivity contribution in [2.75, 3.05) is 11.5 Å². The fourth-order valence-electron chi connectivity index (χ4n) is 3.36. The van der Waals surface area contributed by atoms with Gasteiger partial charge in [0, 0.05) is 5.02 Å². The first kappa shape index (κ1) is 16.6. The van der Waals surface area contributed by atoms with Gasteiger partial charge in [0.05, 0.1) is 16.7 Å². The molecule has 3 rings (SSSR count). The number of nitrogens with two attached hydrogens (primary N) is 2. The van der Waals surface area contributed by atoms with Crippen LogP contribution < -0.4 is 11.5 Å². The van der Waals surface area contributed by atoms with Crippen LogP contribution in [0.25, 0.3) is 0 Å². The molecule has 0 aliphatic heterocycles. The van der Waals surface area contributed by atoms with Crippen LogP contribution in [-0.2, 0) is 5.41 Å². The molecule has 1 fully saturated rings. The van der Waals surface area contributed by atoms with Crippen LogP contribution >= 0.6 is 11.6 Å². The molecule has 0 bridgehead atoms. The fraction of sp³-hybridized carbons (Fsp3) is 0.368. The van der Waals surface area contributed by atoms with E-state index in [1.807, 2.05) is 19.1 Å². The number of nitrogens with zero attached hydrogens (tertiary/aromatic N) is 2. The van der Waals surface area contributed by atoms with E-state index in [4.69, 9.17) is 23.1 Å². The minimum Gasteiger partial charge on any atom is -0.382 e. The smallest absolute Gasteiger partial charge is 0.222 e. The van der Waals surface area contributed by atoms with Gasteiger partial charge in [0.2, 0.25) is 5.95 Å². The molecule has 24 heavy (non-hydrogen) atoms. The van der Waals surface area contributed by atoms with E-state index < -0.39 is 0 Å². The molecule has 2 aromatic rings. The van der Waals surface area contributed by atoms with Gasteiger partial charge in [0.25, 0.3) is 0 Å². The Morgan fingerprint density at radius 2 is 1.71 bits per heavy atom. The summed E-state index contributed by atoms with van der Waals surface area (Å²) in [5, 5.41) is 0.740. The van der Waals surface area contributed by atoms with Gasteiger partial charge < -0.3 is 11.5 Å². The molecule has 1 aromatic carbocycles. The molecule has 124 valence electrons. The van der Waals surface area contributed by atoms with Crippen LogP contribution in [0.5, 0.6) is 0 Å². The van der Waals surface area contributed by atoms with Gasteiger partial charge in [-0.1, -0.05) is 54.8 Å². The second kappa shape index (κ2) is 6.70. The number of aryl methyl sites for hydroxylation is 1. The van der Waals surface area contributed by atoms with Crippen LogP contribution in [0.2, 0.25) is 5.02 Å². The summed E-state index contributed by atoms with van der Waals surface area (Å²) in [6.45, 7) is 1.86. The topological polar surface area (TPSA) is 77.8 Å². The molecular weight excluding hydrogens is 320 g/mol. The Labute approximate surface area is 147 Å². The molecular formula is C19H21ClN4. The maximum atomic E-state index is 6.04. The van der Waals surface area contributed by atoms with Crippen molar-refractivity contribution in [2.24, 2.45) is 0 Å². The number of nitrogen functional groups attached to an aromatic ring is 2. The van der Waals surface area contributed by atoms with E-state index >= 15 is 0 Å². The highest BCUT2D eigenvalue weighted by atomic mass is 35.5. The van der Waals surface area contributed by atoms with Gasteiger partial charge in [0.1, 0.15) is 5.82 Å². The first-order valence-electron chi connectivity index (χ1n) is 8.19. The molecule has 0 saturated heterocycles. The average molecular weight is 341 g/mol. The molecule has 4 N–H and O–H groups in total. The Morgan fingerprint density at radius 1 is 1.04 bits per heavy atom. The third-order valence-electron chi connectivity index (χ3n) is 4.67. The van der Waals surface area contributed by atoms with Gasteiger partial charge in [-0.25, -0.2) is 4.98 Å². The van der Waals surface area contributed by atoms with Crippen LogP contribution in [-0.4, -0.2) is 9.97 Å². The van der Waals surface area contributed by atoms with E-state index in [2.05, 4.69) is 33.9 Å². The van der Waals surface area contributed by atoms with Crippen LogP contribution in [0.4, 0.5) is 11.8 Å². The largest absolute Gasteiger partial charge is 0.382 e. The Balaban J connectivity index is 2.05. The zero-order chi connectivity index (χ0) is 17.2. The fourth-order valence-corrected chi connectivity index (χ4v) is 3.49. The first-order valence-corrected chi connectivity index (χ1v) is 8.57. The zero-order valence-electron chi connectivity index (χ0n) is 13.8. The molecule has 0 spiro atoms. The van der Waals surface area contributed by atoms with Gasteiger partial charge in [-0.2, -0.15) is 4.98 Å². The van der Waals surface area contributed by atoms with E-state index in [0.29, 0.717) is 11.4 Å². The van der Waals surface area contributed by atoms with Gasteiger partial charge in [-0.15, -0.1) is 0 Å². The summed E-state index contributed by atoms with van der Waals surface area (Å²) >= 11 is 6.04. The molecule has 0 atom stereocenters. The molecule has 1 aliphatic rings. The SMILES string of the molecule is Cc1nc(N)nc(N)c1C#CC1(c2ccc(Cl)cc2)CCCCC1. The highest BCUT2D eigenvalue weighted by molar-refractivity contribution is 6.30.